The Balaban J connectivity index is 3.31. The van der Waals surface area contributed by atoms with Gasteiger partial charge >= 0.3 is 0 Å². The zero-order chi connectivity index (χ0) is 8.69. The molecular formula is C7H14ClNOS. The van der Waals surface area contributed by atoms with Gasteiger partial charge in [0.15, 0.2) is 0 Å². The van der Waals surface area contributed by atoms with Crippen molar-refractivity contribution in [3.63, 3.8) is 0 Å². The molecule has 4 heteroatoms. The summed E-state index contributed by atoms with van der Waals surface area (Å²) in [4.78, 5) is 0. The molecule has 0 rings (SSSR count). The van der Waals surface area contributed by atoms with Gasteiger partial charge in [-0.05, 0) is 6.92 Å². The van der Waals surface area contributed by atoms with E-state index in [0.29, 0.717) is 0 Å². The van der Waals surface area contributed by atoms with E-state index in [1.165, 1.54) is 5.54 Å². The summed E-state index contributed by atoms with van der Waals surface area (Å²) in [5, 5.41) is 3.31. The molecule has 0 fully saturated rings. The average Bonchev–Trinajstić information content (AvgIpc) is 1.97. The predicted octanol–water partition coefficient (Wildman–Crippen LogP) is 1.10. The first-order valence-electron chi connectivity index (χ1n) is 3.46. The maximum absolute atomic E-state index is 10.8. The highest BCUT2D eigenvalue weighted by Gasteiger charge is 2.03. The number of halogens is 1. The van der Waals surface area contributed by atoms with Crippen LogP contribution in [0.1, 0.15) is 6.92 Å². The lowest BCUT2D eigenvalue weighted by molar-refractivity contribution is 0.663. The van der Waals surface area contributed by atoms with Gasteiger partial charge in [0.1, 0.15) is 0 Å². The van der Waals surface area contributed by atoms with Crippen molar-refractivity contribution in [1.29, 1.82) is 0 Å². The molecule has 2 nitrogen and oxygen atoms in total. The van der Waals surface area contributed by atoms with Crippen LogP contribution < -0.4 is 5.32 Å². The lowest BCUT2D eigenvalue weighted by Gasteiger charge is -2.07. The van der Waals surface area contributed by atoms with Crippen molar-refractivity contribution in [2.45, 2.75) is 12.2 Å². The molecule has 0 aromatic carbocycles. The Hall–Kier alpha value is 0.140. The molecule has 11 heavy (non-hydrogen) atoms. The molecule has 0 saturated heterocycles. The lowest BCUT2D eigenvalue weighted by Crippen LogP contribution is -2.27. The van der Waals surface area contributed by atoms with Crippen LogP contribution in [0.5, 0.6) is 0 Å². The first-order valence-corrected chi connectivity index (χ1v) is 5.52. The summed E-state index contributed by atoms with van der Waals surface area (Å²) in [6.45, 7) is 3.46. The second-order valence-corrected chi connectivity index (χ2v) is 4.38. The van der Waals surface area contributed by atoms with E-state index in [-0.39, 0.29) is 5.25 Å². The van der Waals surface area contributed by atoms with Gasteiger partial charge in [-0.3, -0.25) is 4.21 Å². The predicted molar refractivity (Wildman–Crippen MR) is 51.4 cm³/mol. The largest absolute Gasteiger partial charge is 0.312 e. The third-order valence-electron chi connectivity index (χ3n) is 1.35. The molecular weight excluding hydrogens is 182 g/mol. The second kappa shape index (κ2) is 6.83. The fraction of sp³-hybridized carbons (Fsp3) is 0.714. The van der Waals surface area contributed by atoms with Crippen molar-refractivity contribution in [2.75, 3.05) is 19.3 Å². The van der Waals surface area contributed by atoms with Crippen LogP contribution in [-0.4, -0.2) is 28.8 Å². The molecule has 0 bridgehead atoms. The van der Waals surface area contributed by atoms with E-state index in [1.807, 2.05) is 13.0 Å². The van der Waals surface area contributed by atoms with Crippen molar-refractivity contribution in [3.05, 3.63) is 11.6 Å². The Morgan fingerprint density at radius 2 is 2.36 bits per heavy atom. The number of hydrogen-bond acceptors (Lipinski definition) is 2. The fourth-order valence-electron chi connectivity index (χ4n) is 0.532. The van der Waals surface area contributed by atoms with Crippen LogP contribution in [0, 0.1) is 0 Å². The smallest absolute Gasteiger partial charge is 0.0441 e. The molecule has 0 aliphatic rings. The highest BCUT2D eigenvalue weighted by Crippen LogP contribution is 1.89. The molecule has 2 unspecified atom stereocenters. The maximum Gasteiger partial charge on any atom is 0.0441 e. The van der Waals surface area contributed by atoms with Crippen LogP contribution in [0.25, 0.3) is 0 Å². The first-order chi connectivity index (χ1) is 5.18. The van der Waals surface area contributed by atoms with E-state index in [9.17, 15) is 4.21 Å². The molecule has 2 atom stereocenters. The SMILES string of the molecule is CC(CNC/C=C/Cl)S(C)=O. The molecule has 0 aliphatic carbocycles. The topological polar surface area (TPSA) is 29.1 Å². The van der Waals surface area contributed by atoms with Gasteiger partial charge in [-0.2, -0.15) is 0 Å². The zero-order valence-corrected chi connectivity index (χ0v) is 8.41. The minimum absolute atomic E-state index is 0.207. The molecule has 0 spiro atoms. The highest BCUT2D eigenvalue weighted by atomic mass is 35.5. The first kappa shape index (κ1) is 11.1. The fourth-order valence-corrected chi connectivity index (χ4v) is 0.973. The van der Waals surface area contributed by atoms with Crippen LogP contribution in [0.4, 0.5) is 0 Å². The van der Waals surface area contributed by atoms with Crippen molar-refractivity contribution < 1.29 is 4.21 Å². The summed E-state index contributed by atoms with van der Waals surface area (Å²) >= 11 is 5.30. The van der Waals surface area contributed by atoms with Crippen molar-refractivity contribution in [1.82, 2.24) is 5.32 Å². The van der Waals surface area contributed by atoms with Gasteiger partial charge in [-0.25, -0.2) is 0 Å². The van der Waals surface area contributed by atoms with Gasteiger partial charge in [0.2, 0.25) is 0 Å². The van der Waals surface area contributed by atoms with Crippen LogP contribution in [0.2, 0.25) is 0 Å². The van der Waals surface area contributed by atoms with Crippen molar-refractivity contribution in [2.24, 2.45) is 0 Å². The molecule has 0 aromatic heterocycles. The minimum atomic E-state index is -0.735. The monoisotopic (exact) mass is 195 g/mol. The Morgan fingerprint density at radius 1 is 1.73 bits per heavy atom. The lowest BCUT2D eigenvalue weighted by atomic mass is 10.4. The molecule has 0 saturated carbocycles. The van der Waals surface area contributed by atoms with Gasteiger partial charge in [0, 0.05) is 40.9 Å². The Morgan fingerprint density at radius 3 is 2.82 bits per heavy atom. The van der Waals surface area contributed by atoms with Gasteiger partial charge < -0.3 is 5.32 Å². The molecule has 0 aromatic rings. The van der Waals surface area contributed by atoms with Gasteiger partial charge in [0.25, 0.3) is 0 Å². The van der Waals surface area contributed by atoms with Crippen LogP contribution in [0.15, 0.2) is 11.6 Å². The van der Waals surface area contributed by atoms with E-state index in [0.717, 1.165) is 13.1 Å². The number of nitrogens with one attached hydrogen (secondary N) is 1. The number of rotatable bonds is 5. The highest BCUT2D eigenvalue weighted by molar-refractivity contribution is 7.84. The number of hydrogen-bond donors (Lipinski definition) is 1. The molecule has 0 heterocycles. The van der Waals surface area contributed by atoms with Crippen molar-refractivity contribution in [3.8, 4) is 0 Å². The average molecular weight is 196 g/mol. The van der Waals surface area contributed by atoms with E-state index in [4.69, 9.17) is 11.6 Å². The molecule has 66 valence electrons. The van der Waals surface area contributed by atoms with Crippen LogP contribution >= 0.6 is 11.6 Å². The summed E-state index contributed by atoms with van der Waals surface area (Å²) in [5.41, 5.74) is 1.47. The third-order valence-corrected chi connectivity index (χ3v) is 2.83. The van der Waals surface area contributed by atoms with E-state index < -0.39 is 10.8 Å². The second-order valence-electron chi connectivity index (χ2n) is 2.33. The maximum atomic E-state index is 10.8. The quantitative estimate of drug-likeness (QED) is 0.666. The Kier molecular flexibility index (Phi) is 6.91. The van der Waals surface area contributed by atoms with Crippen LogP contribution in [0.3, 0.4) is 0 Å². The van der Waals surface area contributed by atoms with Crippen LogP contribution in [-0.2, 0) is 10.8 Å². The van der Waals surface area contributed by atoms with E-state index in [2.05, 4.69) is 5.32 Å². The van der Waals surface area contributed by atoms with Crippen molar-refractivity contribution >= 4 is 22.4 Å². The van der Waals surface area contributed by atoms with Gasteiger partial charge in [0.05, 0.1) is 0 Å². The molecule has 0 amide bonds. The molecule has 0 aliphatic heterocycles. The molecule has 0 radical (unpaired) electrons. The van der Waals surface area contributed by atoms with E-state index in [1.54, 1.807) is 6.26 Å². The van der Waals surface area contributed by atoms with Gasteiger partial charge in [-0.1, -0.05) is 17.7 Å². The molecule has 1 N–H and O–H groups in total. The Bertz CT molecular complexity index is 149. The normalized spacial score (nSPS) is 17.0. The third kappa shape index (κ3) is 6.53. The zero-order valence-electron chi connectivity index (χ0n) is 6.84. The van der Waals surface area contributed by atoms with Gasteiger partial charge in [-0.15, -0.1) is 0 Å². The van der Waals surface area contributed by atoms with E-state index >= 15 is 0 Å². The standard InChI is InChI=1S/C7H14ClNOS/c1-7(11(2)10)6-9-5-3-4-8/h3-4,7,9H,5-6H2,1-2H3/b4-3+. The summed E-state index contributed by atoms with van der Waals surface area (Å²) in [6, 6.07) is 0. The summed E-state index contributed by atoms with van der Waals surface area (Å²) in [7, 11) is -0.735. The summed E-state index contributed by atoms with van der Waals surface area (Å²) in [5.74, 6) is 0. The summed E-state index contributed by atoms with van der Waals surface area (Å²) in [6.07, 6.45) is 3.52. The summed E-state index contributed by atoms with van der Waals surface area (Å²) < 4.78 is 10.8. The minimum Gasteiger partial charge on any atom is -0.312 e. The Labute approximate surface area is 75.5 Å².